The van der Waals surface area contributed by atoms with Crippen molar-refractivity contribution in [3.63, 3.8) is 0 Å². The van der Waals surface area contributed by atoms with E-state index in [1.54, 1.807) is 17.2 Å². The highest BCUT2D eigenvalue weighted by atomic mass is 35.5. The molecule has 1 N–H and O–H groups in total. The number of hydrogen-bond acceptors (Lipinski definition) is 6. The van der Waals surface area contributed by atoms with Crippen LogP contribution >= 0.6 is 11.6 Å². The minimum Gasteiger partial charge on any atom is -0.306 e. The Morgan fingerprint density at radius 2 is 1.92 bits per heavy atom. The van der Waals surface area contributed by atoms with Gasteiger partial charge in [0, 0.05) is 29.6 Å². The fraction of sp³-hybridized carbons (Fsp3) is 0.148. The number of rotatable bonds is 7. The maximum absolute atomic E-state index is 9.40. The first kappa shape index (κ1) is 23.4. The molecule has 2 heterocycles. The van der Waals surface area contributed by atoms with Crippen LogP contribution in [0.5, 0.6) is 0 Å². The van der Waals surface area contributed by atoms with Gasteiger partial charge in [-0.05, 0) is 76.9 Å². The number of imidazole rings is 1. The molecule has 0 saturated carbocycles. The summed E-state index contributed by atoms with van der Waals surface area (Å²) in [7, 11) is 0. The van der Waals surface area contributed by atoms with Crippen molar-refractivity contribution in [2.24, 2.45) is 0 Å². The van der Waals surface area contributed by atoms with E-state index in [4.69, 9.17) is 11.6 Å². The summed E-state index contributed by atoms with van der Waals surface area (Å²) in [4.78, 5) is 4.11. The van der Waals surface area contributed by atoms with Gasteiger partial charge in [-0.3, -0.25) is 5.32 Å². The van der Waals surface area contributed by atoms with Crippen LogP contribution in [0.3, 0.4) is 0 Å². The molecule has 2 aromatic heterocycles. The lowest BCUT2D eigenvalue weighted by atomic mass is 9.99. The van der Waals surface area contributed by atoms with Gasteiger partial charge in [0.2, 0.25) is 0 Å². The van der Waals surface area contributed by atoms with Crippen molar-refractivity contribution in [3.8, 4) is 17.4 Å². The van der Waals surface area contributed by atoms with Gasteiger partial charge in [-0.15, -0.1) is 5.10 Å². The molecule has 178 valence electrons. The van der Waals surface area contributed by atoms with E-state index in [1.165, 1.54) is 0 Å². The van der Waals surface area contributed by atoms with Gasteiger partial charge in [-0.25, -0.2) is 4.98 Å². The number of hydrogen-bond donors (Lipinski definition) is 1. The first-order valence-electron chi connectivity index (χ1n) is 11.4. The molecular formula is C27H23ClN8. The molecule has 8 nitrogen and oxygen atoms in total. The Hall–Kier alpha value is -4.32. The largest absolute Gasteiger partial charge is 0.306 e. The predicted molar refractivity (Wildman–Crippen MR) is 137 cm³/mol. The zero-order chi connectivity index (χ0) is 25.1. The lowest BCUT2D eigenvalue weighted by Crippen LogP contribution is -2.26. The number of nitrogens with one attached hydrogen (secondary N) is 1. The lowest BCUT2D eigenvalue weighted by molar-refractivity contribution is 0.560. The first-order valence-corrected chi connectivity index (χ1v) is 11.8. The Bertz CT molecular complexity index is 1530. The van der Waals surface area contributed by atoms with Crippen molar-refractivity contribution in [1.29, 1.82) is 5.26 Å². The van der Waals surface area contributed by atoms with Crippen molar-refractivity contribution < 1.29 is 0 Å². The number of nitriles is 1. The molecule has 0 fully saturated rings. The lowest BCUT2D eigenvalue weighted by Gasteiger charge is -2.20. The van der Waals surface area contributed by atoms with Crippen LogP contribution in [-0.2, 0) is 6.54 Å². The molecule has 36 heavy (non-hydrogen) atoms. The second-order valence-corrected chi connectivity index (χ2v) is 8.88. The third-order valence-electron chi connectivity index (χ3n) is 6.17. The molecule has 0 amide bonds. The second-order valence-electron chi connectivity index (χ2n) is 8.47. The van der Waals surface area contributed by atoms with Gasteiger partial charge in [0.05, 0.1) is 29.7 Å². The van der Waals surface area contributed by atoms with Crippen molar-refractivity contribution in [2.75, 3.05) is 0 Å². The maximum atomic E-state index is 9.40. The standard InChI is InChI=1S/C27H23ClN8/c1-18-14-21(8-9-22(18)15-29)26(27-32-33-34-36(27)25-5-3-4-24(28)19(25)2)31-16-20-6-10-23(11-7-20)35-13-12-30-17-35/h3-14,17,26,31H,16H2,1-2H3. The molecule has 5 rings (SSSR count). The molecule has 9 heteroatoms. The highest BCUT2D eigenvalue weighted by molar-refractivity contribution is 6.31. The van der Waals surface area contributed by atoms with E-state index < -0.39 is 0 Å². The smallest absolute Gasteiger partial charge is 0.178 e. The van der Waals surface area contributed by atoms with Crippen LogP contribution in [0, 0.1) is 25.2 Å². The molecule has 5 aromatic rings. The average molecular weight is 495 g/mol. The summed E-state index contributed by atoms with van der Waals surface area (Å²) in [6.07, 6.45) is 5.44. The molecule has 0 aliphatic carbocycles. The van der Waals surface area contributed by atoms with Gasteiger partial charge in [0.25, 0.3) is 0 Å². The van der Waals surface area contributed by atoms with Gasteiger partial charge in [0.1, 0.15) is 0 Å². The highest BCUT2D eigenvalue weighted by Crippen LogP contribution is 2.28. The van der Waals surface area contributed by atoms with Crippen molar-refractivity contribution in [2.45, 2.75) is 26.4 Å². The predicted octanol–water partition coefficient (Wildman–Crippen LogP) is 4.87. The summed E-state index contributed by atoms with van der Waals surface area (Å²) in [5.41, 5.74) is 6.32. The Kier molecular flexibility index (Phi) is 6.58. The molecule has 0 aliphatic heterocycles. The molecule has 0 aliphatic rings. The molecule has 1 atom stereocenters. The number of aryl methyl sites for hydroxylation is 1. The van der Waals surface area contributed by atoms with Crippen LogP contribution in [0.15, 0.2) is 79.4 Å². The highest BCUT2D eigenvalue weighted by Gasteiger charge is 2.23. The first-order chi connectivity index (χ1) is 17.5. The molecular weight excluding hydrogens is 472 g/mol. The summed E-state index contributed by atoms with van der Waals surface area (Å²) in [5, 5.41) is 26.3. The number of tetrazole rings is 1. The Morgan fingerprint density at radius 3 is 2.64 bits per heavy atom. The van der Waals surface area contributed by atoms with Crippen LogP contribution in [0.2, 0.25) is 5.02 Å². The zero-order valence-corrected chi connectivity index (χ0v) is 20.6. The SMILES string of the molecule is Cc1cc(C(NCc2ccc(-n3ccnc3)cc2)c2nnnn2-c2cccc(Cl)c2C)ccc1C#N. The Labute approximate surface area is 213 Å². The van der Waals surface area contributed by atoms with E-state index in [9.17, 15) is 5.26 Å². The maximum Gasteiger partial charge on any atom is 0.178 e. The second kappa shape index (κ2) is 10.1. The van der Waals surface area contributed by atoms with E-state index in [1.807, 2.05) is 61.0 Å². The molecule has 0 radical (unpaired) electrons. The fourth-order valence-electron chi connectivity index (χ4n) is 4.14. The molecule has 0 saturated heterocycles. The van der Waals surface area contributed by atoms with E-state index >= 15 is 0 Å². The van der Waals surface area contributed by atoms with E-state index in [-0.39, 0.29) is 6.04 Å². The summed E-state index contributed by atoms with van der Waals surface area (Å²) in [6, 6.07) is 21.6. The van der Waals surface area contributed by atoms with Crippen LogP contribution < -0.4 is 5.32 Å². The molecule has 3 aromatic carbocycles. The quantitative estimate of drug-likeness (QED) is 0.346. The number of nitrogens with zero attached hydrogens (tertiary/aromatic N) is 7. The summed E-state index contributed by atoms with van der Waals surface area (Å²) in [5.74, 6) is 0.625. The summed E-state index contributed by atoms with van der Waals surface area (Å²) in [6.45, 7) is 4.45. The molecule has 1 unspecified atom stereocenters. The van der Waals surface area contributed by atoms with E-state index in [0.717, 1.165) is 33.6 Å². The minimum absolute atomic E-state index is 0.335. The zero-order valence-electron chi connectivity index (χ0n) is 19.8. The summed E-state index contributed by atoms with van der Waals surface area (Å²) < 4.78 is 3.68. The summed E-state index contributed by atoms with van der Waals surface area (Å²) >= 11 is 6.39. The van der Waals surface area contributed by atoms with Crippen LogP contribution in [0.1, 0.15) is 39.7 Å². The monoisotopic (exact) mass is 494 g/mol. The van der Waals surface area contributed by atoms with Crippen LogP contribution in [0.25, 0.3) is 11.4 Å². The number of aromatic nitrogens is 6. The molecule has 0 bridgehead atoms. The van der Waals surface area contributed by atoms with E-state index in [0.29, 0.717) is 23.0 Å². The van der Waals surface area contributed by atoms with E-state index in [2.05, 4.69) is 56.2 Å². The fourth-order valence-corrected chi connectivity index (χ4v) is 4.31. The van der Waals surface area contributed by atoms with Gasteiger partial charge in [-0.2, -0.15) is 9.94 Å². The normalized spacial score (nSPS) is 11.8. The van der Waals surface area contributed by atoms with Crippen molar-refractivity contribution in [3.05, 3.63) is 118 Å². The van der Waals surface area contributed by atoms with Gasteiger partial charge < -0.3 is 4.57 Å². The van der Waals surface area contributed by atoms with Gasteiger partial charge >= 0.3 is 0 Å². The number of benzene rings is 3. The van der Waals surface area contributed by atoms with Gasteiger partial charge in [-0.1, -0.05) is 41.9 Å². The third kappa shape index (κ3) is 4.62. The average Bonchev–Trinajstić information content (AvgIpc) is 3.60. The molecule has 0 spiro atoms. The topological polar surface area (TPSA) is 97.2 Å². The van der Waals surface area contributed by atoms with Crippen molar-refractivity contribution >= 4 is 11.6 Å². The van der Waals surface area contributed by atoms with Crippen LogP contribution in [-0.4, -0.2) is 29.8 Å². The minimum atomic E-state index is -0.335. The van der Waals surface area contributed by atoms with Gasteiger partial charge in [0.15, 0.2) is 5.82 Å². The Morgan fingerprint density at radius 1 is 1.08 bits per heavy atom. The van der Waals surface area contributed by atoms with Crippen LogP contribution in [0.4, 0.5) is 0 Å². The Balaban J connectivity index is 1.50. The van der Waals surface area contributed by atoms with Crippen molar-refractivity contribution in [1.82, 2.24) is 35.1 Å². The third-order valence-corrected chi connectivity index (χ3v) is 6.58. The number of halogens is 1.